The number of nitrogens with zero attached hydrogens (tertiary/aromatic N) is 2. The van der Waals surface area contributed by atoms with Gasteiger partial charge in [0.15, 0.2) is 5.17 Å². The van der Waals surface area contributed by atoms with Crippen molar-refractivity contribution >= 4 is 39.1 Å². The number of halogens is 1. The lowest BCUT2D eigenvalue weighted by Crippen LogP contribution is -2.06. The monoisotopic (exact) mass is 391 g/mol. The van der Waals surface area contributed by atoms with E-state index in [1.165, 1.54) is 17.3 Å². The van der Waals surface area contributed by atoms with Gasteiger partial charge in [0.1, 0.15) is 5.75 Å². The third-order valence-electron chi connectivity index (χ3n) is 2.80. The van der Waals surface area contributed by atoms with Gasteiger partial charge in [0.05, 0.1) is 12.8 Å². The summed E-state index contributed by atoms with van der Waals surface area (Å²) in [6.07, 6.45) is 1.66. The van der Waals surface area contributed by atoms with Gasteiger partial charge in [-0.3, -0.25) is 0 Å². The highest BCUT2D eigenvalue weighted by Crippen LogP contribution is 2.13. The van der Waals surface area contributed by atoms with E-state index in [2.05, 4.69) is 38.3 Å². The Labute approximate surface area is 149 Å². The molecule has 0 bridgehead atoms. The van der Waals surface area contributed by atoms with Crippen LogP contribution in [0.2, 0.25) is 0 Å². The number of hydrogen-bond acceptors (Lipinski definition) is 4. The van der Waals surface area contributed by atoms with Gasteiger partial charge < -0.3 is 10.5 Å². The van der Waals surface area contributed by atoms with Crippen molar-refractivity contribution in [3.05, 3.63) is 65.7 Å². The Bertz CT molecular complexity index is 662. The number of ether oxygens (including phenoxy) is 1. The lowest BCUT2D eigenvalue weighted by atomic mass is 10.2. The summed E-state index contributed by atoms with van der Waals surface area (Å²) in [6.45, 7) is 0.627. The van der Waals surface area contributed by atoms with E-state index in [4.69, 9.17) is 10.5 Å². The molecule has 2 rings (SSSR count). The van der Waals surface area contributed by atoms with E-state index < -0.39 is 0 Å². The summed E-state index contributed by atoms with van der Waals surface area (Å²) in [6, 6.07) is 17.8. The zero-order valence-corrected chi connectivity index (χ0v) is 15.0. The van der Waals surface area contributed by atoms with Crippen molar-refractivity contribution in [2.45, 2.75) is 5.75 Å². The number of nitrogens with two attached hydrogens (primary N) is 1. The van der Waals surface area contributed by atoms with E-state index in [0.29, 0.717) is 11.8 Å². The van der Waals surface area contributed by atoms with Crippen LogP contribution in [0.5, 0.6) is 5.75 Å². The van der Waals surface area contributed by atoms with Gasteiger partial charge in [0.2, 0.25) is 0 Å². The molecule has 0 aromatic heterocycles. The largest absolute Gasteiger partial charge is 0.493 e. The van der Waals surface area contributed by atoms with Gasteiger partial charge in [-0.1, -0.05) is 70.2 Å². The van der Waals surface area contributed by atoms with Crippen molar-refractivity contribution in [2.24, 2.45) is 15.9 Å². The Morgan fingerprint density at radius 1 is 1.17 bits per heavy atom. The molecule has 0 spiro atoms. The Balaban J connectivity index is 1.86. The van der Waals surface area contributed by atoms with Gasteiger partial charge in [-0.15, -0.1) is 5.10 Å². The standard InChI is InChI=1S/C17H18BrN3OS/c18-9-10-22-16-8-4-7-15(11-16)12-20-21-17(19)23-13-14-5-2-1-3-6-14/h1-8,11-12H,9-10,13H2,(H2,19,21). The predicted octanol–water partition coefficient (Wildman–Crippen LogP) is 4.04. The highest BCUT2D eigenvalue weighted by Gasteiger charge is 1.97. The number of amidine groups is 1. The molecule has 0 heterocycles. The second kappa shape index (κ2) is 10.1. The van der Waals surface area contributed by atoms with Gasteiger partial charge in [-0.25, -0.2) is 0 Å². The fourth-order valence-corrected chi connectivity index (χ4v) is 2.53. The highest BCUT2D eigenvalue weighted by atomic mass is 79.9. The fourth-order valence-electron chi connectivity index (χ4n) is 1.75. The molecule has 2 N–H and O–H groups in total. The number of benzene rings is 2. The van der Waals surface area contributed by atoms with Crippen LogP contribution in [0.15, 0.2) is 64.8 Å². The fraction of sp³-hybridized carbons (Fsp3) is 0.176. The van der Waals surface area contributed by atoms with Crippen molar-refractivity contribution in [1.82, 2.24) is 0 Å². The summed E-state index contributed by atoms with van der Waals surface area (Å²) < 4.78 is 5.54. The predicted molar refractivity (Wildman–Crippen MR) is 103 cm³/mol. The minimum Gasteiger partial charge on any atom is -0.493 e. The van der Waals surface area contributed by atoms with Crippen LogP contribution in [0, 0.1) is 0 Å². The summed E-state index contributed by atoms with van der Waals surface area (Å²) in [7, 11) is 0. The zero-order valence-electron chi connectivity index (χ0n) is 12.6. The minimum absolute atomic E-state index is 0.441. The molecule has 2 aromatic carbocycles. The number of hydrogen-bond donors (Lipinski definition) is 1. The van der Waals surface area contributed by atoms with Crippen molar-refractivity contribution in [2.75, 3.05) is 11.9 Å². The first-order chi connectivity index (χ1) is 11.3. The van der Waals surface area contributed by atoms with Gasteiger partial charge in [0, 0.05) is 11.1 Å². The van der Waals surface area contributed by atoms with Crippen LogP contribution in [0.1, 0.15) is 11.1 Å². The molecule has 4 nitrogen and oxygen atoms in total. The second-order valence-electron chi connectivity index (χ2n) is 4.57. The van der Waals surface area contributed by atoms with Crippen LogP contribution in [-0.4, -0.2) is 23.3 Å². The average molecular weight is 392 g/mol. The lowest BCUT2D eigenvalue weighted by Gasteiger charge is -2.03. The highest BCUT2D eigenvalue weighted by molar-refractivity contribution is 9.09. The first kappa shape index (κ1) is 17.6. The van der Waals surface area contributed by atoms with Crippen molar-refractivity contribution in [3.63, 3.8) is 0 Å². The van der Waals surface area contributed by atoms with E-state index in [-0.39, 0.29) is 0 Å². The van der Waals surface area contributed by atoms with Gasteiger partial charge in [-0.2, -0.15) is 5.10 Å². The molecule has 0 aliphatic rings. The molecule has 0 unspecified atom stereocenters. The molecule has 2 aromatic rings. The topological polar surface area (TPSA) is 60.0 Å². The average Bonchev–Trinajstić information content (AvgIpc) is 2.59. The maximum absolute atomic E-state index is 5.85. The maximum Gasteiger partial charge on any atom is 0.180 e. The number of alkyl halides is 1. The van der Waals surface area contributed by atoms with Gasteiger partial charge in [-0.05, 0) is 23.3 Å². The summed E-state index contributed by atoms with van der Waals surface area (Å²) in [4.78, 5) is 0. The van der Waals surface area contributed by atoms with Crippen LogP contribution >= 0.6 is 27.7 Å². The SMILES string of the molecule is NC(=NN=Cc1cccc(OCCBr)c1)SCc1ccccc1. The van der Waals surface area contributed by atoms with E-state index in [1.807, 2.05) is 42.5 Å². The molecular formula is C17H18BrN3OS. The molecule has 120 valence electrons. The molecule has 6 heteroatoms. The van der Waals surface area contributed by atoms with Gasteiger partial charge in [0.25, 0.3) is 0 Å². The third kappa shape index (κ3) is 6.88. The smallest absolute Gasteiger partial charge is 0.180 e. The molecular weight excluding hydrogens is 374 g/mol. The molecule has 0 aliphatic carbocycles. The molecule has 0 aliphatic heterocycles. The zero-order chi connectivity index (χ0) is 16.3. The van der Waals surface area contributed by atoms with E-state index in [0.717, 1.165) is 22.4 Å². The molecule has 23 heavy (non-hydrogen) atoms. The minimum atomic E-state index is 0.441. The summed E-state index contributed by atoms with van der Waals surface area (Å²) >= 11 is 4.79. The van der Waals surface area contributed by atoms with E-state index in [9.17, 15) is 0 Å². The molecule has 0 saturated heterocycles. The lowest BCUT2D eigenvalue weighted by molar-refractivity contribution is 0.345. The maximum atomic E-state index is 5.85. The van der Waals surface area contributed by atoms with E-state index >= 15 is 0 Å². The summed E-state index contributed by atoms with van der Waals surface area (Å²) in [5.74, 6) is 1.59. The third-order valence-corrected chi connectivity index (χ3v) is 3.98. The first-order valence-electron chi connectivity index (χ1n) is 7.10. The van der Waals surface area contributed by atoms with Crippen molar-refractivity contribution in [3.8, 4) is 5.75 Å². The van der Waals surface area contributed by atoms with Crippen LogP contribution in [0.3, 0.4) is 0 Å². The van der Waals surface area contributed by atoms with Crippen LogP contribution in [0.25, 0.3) is 0 Å². The summed E-state index contributed by atoms with van der Waals surface area (Å²) in [5.41, 5.74) is 7.97. The van der Waals surface area contributed by atoms with E-state index in [1.54, 1.807) is 6.21 Å². The normalized spacial score (nSPS) is 11.8. The van der Waals surface area contributed by atoms with Crippen molar-refractivity contribution < 1.29 is 4.74 Å². The molecule has 0 amide bonds. The Kier molecular flexibility index (Phi) is 7.69. The molecule has 0 radical (unpaired) electrons. The first-order valence-corrected chi connectivity index (χ1v) is 9.20. The second-order valence-corrected chi connectivity index (χ2v) is 6.36. The van der Waals surface area contributed by atoms with Crippen LogP contribution in [-0.2, 0) is 5.75 Å². The molecule has 0 fully saturated rings. The molecule has 0 saturated carbocycles. The number of thioether (sulfide) groups is 1. The Morgan fingerprint density at radius 3 is 2.78 bits per heavy atom. The van der Waals surface area contributed by atoms with Crippen LogP contribution < -0.4 is 10.5 Å². The van der Waals surface area contributed by atoms with Crippen LogP contribution in [0.4, 0.5) is 0 Å². The van der Waals surface area contributed by atoms with Crippen molar-refractivity contribution in [1.29, 1.82) is 0 Å². The summed E-state index contributed by atoms with van der Waals surface area (Å²) in [5, 5.41) is 9.27. The quantitative estimate of drug-likeness (QED) is 0.335. The Hall–Kier alpha value is -1.79. The Morgan fingerprint density at radius 2 is 2.00 bits per heavy atom. The number of rotatable bonds is 7. The van der Waals surface area contributed by atoms with Gasteiger partial charge >= 0.3 is 0 Å². The molecule has 0 atom stereocenters.